The number of aromatic nitrogens is 2. The zero-order valence-electron chi connectivity index (χ0n) is 12.8. The number of aryl methyl sites for hydroxylation is 1. The van der Waals surface area contributed by atoms with Crippen molar-refractivity contribution in [1.29, 1.82) is 0 Å². The summed E-state index contributed by atoms with van der Waals surface area (Å²) in [6, 6.07) is 8.30. The monoisotopic (exact) mass is 286 g/mol. The smallest absolute Gasteiger partial charge is 0.229 e. The van der Waals surface area contributed by atoms with E-state index in [4.69, 9.17) is 4.74 Å². The van der Waals surface area contributed by atoms with Crippen molar-refractivity contribution in [2.45, 2.75) is 13.5 Å². The van der Waals surface area contributed by atoms with Gasteiger partial charge in [-0.15, -0.1) is 0 Å². The van der Waals surface area contributed by atoms with Crippen molar-refractivity contribution in [2.24, 2.45) is 0 Å². The number of hydrogen-bond donors (Lipinski definition) is 1. The van der Waals surface area contributed by atoms with Gasteiger partial charge in [-0.25, -0.2) is 9.97 Å². The van der Waals surface area contributed by atoms with Crippen LogP contribution >= 0.6 is 0 Å². The topological polar surface area (TPSA) is 50.3 Å². The van der Waals surface area contributed by atoms with E-state index in [1.54, 1.807) is 7.11 Å². The van der Waals surface area contributed by atoms with Crippen molar-refractivity contribution < 1.29 is 4.74 Å². The molecule has 0 atom stereocenters. The van der Waals surface area contributed by atoms with Gasteiger partial charge in [0, 0.05) is 50.9 Å². The normalized spacial score (nSPS) is 10.6. The number of methoxy groups -OCH3 is 1. The largest absolute Gasteiger partial charge is 0.383 e. The molecule has 0 unspecified atom stereocenters. The highest BCUT2D eigenvalue weighted by atomic mass is 16.5. The summed E-state index contributed by atoms with van der Waals surface area (Å²) in [5.74, 6) is 0.694. The summed E-state index contributed by atoms with van der Waals surface area (Å²) >= 11 is 0. The van der Waals surface area contributed by atoms with Crippen LogP contribution in [-0.4, -0.2) is 37.3 Å². The Kier molecular flexibility index (Phi) is 5.66. The second kappa shape index (κ2) is 7.71. The van der Waals surface area contributed by atoms with E-state index in [2.05, 4.69) is 46.5 Å². The molecule has 0 aliphatic heterocycles. The molecule has 0 fully saturated rings. The molecule has 1 aromatic carbocycles. The van der Waals surface area contributed by atoms with Crippen molar-refractivity contribution in [1.82, 2.24) is 15.3 Å². The lowest BCUT2D eigenvalue weighted by Crippen LogP contribution is -2.19. The van der Waals surface area contributed by atoms with Crippen LogP contribution in [0.5, 0.6) is 0 Å². The highest BCUT2D eigenvalue weighted by Gasteiger charge is 2.06. The lowest BCUT2D eigenvalue weighted by Gasteiger charge is -2.17. The van der Waals surface area contributed by atoms with Crippen LogP contribution in [0.25, 0.3) is 0 Å². The molecule has 0 saturated carbocycles. The molecule has 1 heterocycles. The van der Waals surface area contributed by atoms with E-state index in [1.807, 2.05) is 24.3 Å². The number of hydrogen-bond acceptors (Lipinski definition) is 5. The third-order valence-electron chi connectivity index (χ3n) is 3.23. The van der Waals surface area contributed by atoms with E-state index < -0.39 is 0 Å². The Hall–Kier alpha value is -1.98. The third kappa shape index (κ3) is 4.51. The van der Waals surface area contributed by atoms with Gasteiger partial charge in [-0.05, 0) is 19.1 Å². The maximum absolute atomic E-state index is 4.99. The summed E-state index contributed by atoms with van der Waals surface area (Å²) in [6.45, 7) is 4.35. The predicted molar refractivity (Wildman–Crippen MR) is 84.9 cm³/mol. The van der Waals surface area contributed by atoms with Gasteiger partial charge in [-0.2, -0.15) is 0 Å². The lowest BCUT2D eigenvalue weighted by atomic mass is 10.2. The molecule has 2 aromatic rings. The summed E-state index contributed by atoms with van der Waals surface area (Å²) in [6.07, 6.45) is 3.71. The minimum absolute atomic E-state index is 0.694. The van der Waals surface area contributed by atoms with Crippen LogP contribution in [0.3, 0.4) is 0 Å². The fraction of sp³-hybridized carbons (Fsp3) is 0.375. The quantitative estimate of drug-likeness (QED) is 0.791. The number of ether oxygens (including phenoxy) is 1. The van der Waals surface area contributed by atoms with E-state index in [9.17, 15) is 0 Å². The first-order valence-electron chi connectivity index (χ1n) is 7.01. The molecule has 0 bridgehead atoms. The molecule has 0 saturated heterocycles. The van der Waals surface area contributed by atoms with Crippen LogP contribution in [-0.2, 0) is 11.3 Å². The lowest BCUT2D eigenvalue weighted by molar-refractivity contribution is 0.199. The van der Waals surface area contributed by atoms with E-state index in [-0.39, 0.29) is 0 Å². The first kappa shape index (κ1) is 15.4. The van der Waals surface area contributed by atoms with Crippen LogP contribution in [0.4, 0.5) is 11.6 Å². The van der Waals surface area contributed by atoms with E-state index >= 15 is 0 Å². The number of rotatable bonds is 7. The first-order valence-corrected chi connectivity index (χ1v) is 7.01. The highest BCUT2D eigenvalue weighted by Crippen LogP contribution is 2.19. The minimum atomic E-state index is 0.694. The molecule has 0 aliphatic carbocycles. The number of nitrogens with one attached hydrogen (secondary N) is 1. The van der Waals surface area contributed by atoms with Crippen LogP contribution in [0.2, 0.25) is 0 Å². The molecule has 0 spiro atoms. The van der Waals surface area contributed by atoms with E-state index in [0.29, 0.717) is 12.6 Å². The summed E-state index contributed by atoms with van der Waals surface area (Å²) in [5, 5.41) is 3.27. The Morgan fingerprint density at radius 3 is 2.43 bits per heavy atom. The Labute approximate surface area is 126 Å². The zero-order valence-corrected chi connectivity index (χ0v) is 12.8. The fourth-order valence-electron chi connectivity index (χ4n) is 1.90. The van der Waals surface area contributed by atoms with Crippen molar-refractivity contribution in [2.75, 3.05) is 32.2 Å². The van der Waals surface area contributed by atoms with Crippen LogP contribution in [0, 0.1) is 6.92 Å². The fourth-order valence-corrected chi connectivity index (χ4v) is 1.90. The molecule has 1 N–H and O–H groups in total. The van der Waals surface area contributed by atoms with Gasteiger partial charge in [-0.3, -0.25) is 0 Å². The van der Waals surface area contributed by atoms with E-state index in [0.717, 1.165) is 24.3 Å². The molecule has 21 heavy (non-hydrogen) atoms. The third-order valence-corrected chi connectivity index (χ3v) is 3.23. The van der Waals surface area contributed by atoms with Crippen LogP contribution in [0.1, 0.15) is 11.1 Å². The predicted octanol–water partition coefficient (Wildman–Crippen LogP) is 2.29. The average Bonchev–Trinajstić information content (AvgIpc) is 2.52. The van der Waals surface area contributed by atoms with Crippen molar-refractivity contribution >= 4 is 11.6 Å². The molecule has 5 nitrogen and oxygen atoms in total. The molecular weight excluding hydrogens is 264 g/mol. The van der Waals surface area contributed by atoms with Gasteiger partial charge < -0.3 is 15.0 Å². The SMILES string of the molecule is COCCNCc1cnc(N(C)c2ccc(C)cc2)nc1. The number of nitrogens with zero attached hydrogens (tertiary/aromatic N) is 3. The zero-order chi connectivity index (χ0) is 15.1. The Bertz CT molecular complexity index is 539. The van der Waals surface area contributed by atoms with Crippen molar-refractivity contribution in [3.63, 3.8) is 0 Å². The minimum Gasteiger partial charge on any atom is -0.383 e. The van der Waals surface area contributed by atoms with Crippen LogP contribution in [0.15, 0.2) is 36.7 Å². The Balaban J connectivity index is 1.96. The van der Waals surface area contributed by atoms with E-state index in [1.165, 1.54) is 5.56 Å². The van der Waals surface area contributed by atoms with Crippen molar-refractivity contribution in [3.8, 4) is 0 Å². The first-order chi connectivity index (χ1) is 10.2. The van der Waals surface area contributed by atoms with Gasteiger partial charge in [0.25, 0.3) is 0 Å². The van der Waals surface area contributed by atoms with Crippen molar-refractivity contribution in [3.05, 3.63) is 47.8 Å². The molecule has 2 rings (SSSR count). The molecule has 1 aromatic heterocycles. The summed E-state index contributed by atoms with van der Waals surface area (Å²) in [4.78, 5) is 10.8. The number of anilines is 2. The second-order valence-electron chi connectivity index (χ2n) is 4.96. The highest BCUT2D eigenvalue weighted by molar-refractivity contribution is 5.56. The molecule has 112 valence electrons. The standard InChI is InChI=1S/C16H22N4O/c1-13-4-6-15(7-5-13)20(2)16-18-11-14(12-19-16)10-17-8-9-21-3/h4-7,11-12,17H,8-10H2,1-3H3. The van der Waals surface area contributed by atoms with Gasteiger partial charge in [0.05, 0.1) is 6.61 Å². The Morgan fingerprint density at radius 1 is 1.14 bits per heavy atom. The summed E-state index contributed by atoms with van der Waals surface area (Å²) in [7, 11) is 3.66. The van der Waals surface area contributed by atoms with Gasteiger partial charge in [0.2, 0.25) is 5.95 Å². The summed E-state index contributed by atoms with van der Waals surface area (Å²) < 4.78 is 4.99. The molecule has 0 amide bonds. The molecule has 0 radical (unpaired) electrons. The maximum atomic E-state index is 4.99. The number of benzene rings is 1. The van der Waals surface area contributed by atoms with Gasteiger partial charge in [0.15, 0.2) is 0 Å². The Morgan fingerprint density at radius 2 is 1.81 bits per heavy atom. The van der Waals surface area contributed by atoms with Gasteiger partial charge in [-0.1, -0.05) is 17.7 Å². The van der Waals surface area contributed by atoms with Crippen LogP contribution < -0.4 is 10.2 Å². The summed E-state index contributed by atoms with van der Waals surface area (Å²) in [5.41, 5.74) is 3.38. The molecular formula is C16H22N4O. The average molecular weight is 286 g/mol. The second-order valence-corrected chi connectivity index (χ2v) is 4.96. The van der Waals surface area contributed by atoms with Gasteiger partial charge >= 0.3 is 0 Å². The van der Waals surface area contributed by atoms with Gasteiger partial charge in [0.1, 0.15) is 0 Å². The maximum Gasteiger partial charge on any atom is 0.229 e. The molecule has 5 heteroatoms. The molecule has 0 aliphatic rings.